The summed E-state index contributed by atoms with van der Waals surface area (Å²) in [6.45, 7) is 2.90. The lowest BCUT2D eigenvalue weighted by molar-refractivity contribution is 0.936. The summed E-state index contributed by atoms with van der Waals surface area (Å²) in [4.78, 5) is 0. The summed E-state index contributed by atoms with van der Waals surface area (Å²) in [5.74, 6) is 0. The highest BCUT2D eigenvalue weighted by molar-refractivity contribution is 5.18. The Morgan fingerprint density at radius 2 is 2.57 bits per heavy atom. The SMILES string of the molecule is CC1=C[N]CC=C1. The molecule has 0 fully saturated rings. The summed E-state index contributed by atoms with van der Waals surface area (Å²) in [7, 11) is 0. The lowest BCUT2D eigenvalue weighted by Crippen LogP contribution is -1.99. The van der Waals surface area contributed by atoms with Crippen LogP contribution in [0.15, 0.2) is 23.9 Å². The van der Waals surface area contributed by atoms with Gasteiger partial charge in [-0.25, -0.2) is 0 Å². The topological polar surface area (TPSA) is 14.1 Å². The maximum atomic E-state index is 4.01. The van der Waals surface area contributed by atoms with E-state index < -0.39 is 0 Å². The van der Waals surface area contributed by atoms with E-state index in [4.69, 9.17) is 0 Å². The van der Waals surface area contributed by atoms with Crippen molar-refractivity contribution >= 4 is 0 Å². The number of hydrogen-bond acceptors (Lipinski definition) is 0. The molecule has 0 saturated carbocycles. The molecule has 0 spiro atoms. The Balaban J connectivity index is 2.58. The second-order valence-corrected chi connectivity index (χ2v) is 1.64. The van der Waals surface area contributed by atoms with Crippen LogP contribution in [0.25, 0.3) is 0 Å². The second-order valence-electron chi connectivity index (χ2n) is 1.64. The molecule has 0 saturated heterocycles. The van der Waals surface area contributed by atoms with Crippen molar-refractivity contribution in [1.29, 1.82) is 0 Å². The van der Waals surface area contributed by atoms with Gasteiger partial charge in [0.25, 0.3) is 0 Å². The first kappa shape index (κ1) is 4.44. The zero-order valence-corrected chi connectivity index (χ0v) is 4.39. The fourth-order valence-electron chi connectivity index (χ4n) is 0.539. The summed E-state index contributed by atoms with van der Waals surface area (Å²) in [5.41, 5.74) is 1.24. The minimum atomic E-state index is 0.858. The van der Waals surface area contributed by atoms with Crippen molar-refractivity contribution in [1.82, 2.24) is 5.32 Å². The molecule has 1 radical (unpaired) electrons. The third kappa shape index (κ3) is 1.07. The molecule has 0 aromatic heterocycles. The van der Waals surface area contributed by atoms with Gasteiger partial charge in [-0.2, -0.15) is 0 Å². The highest BCUT2D eigenvalue weighted by atomic mass is 14.8. The normalized spacial score (nSPS) is 18.1. The average molecular weight is 94.1 g/mol. The summed E-state index contributed by atoms with van der Waals surface area (Å²) in [6, 6.07) is 0. The Morgan fingerprint density at radius 3 is 2.86 bits per heavy atom. The molecule has 0 aromatic rings. The smallest absolute Gasteiger partial charge is 0.0573 e. The standard InChI is InChI=1S/C6H8N/c1-6-3-2-4-7-5-6/h2-3,5H,4H2,1H3. The monoisotopic (exact) mass is 94.1 g/mol. The van der Waals surface area contributed by atoms with Crippen LogP contribution in [0.1, 0.15) is 6.92 Å². The summed E-state index contributed by atoms with van der Waals surface area (Å²) >= 11 is 0. The molecule has 0 bridgehead atoms. The van der Waals surface area contributed by atoms with Gasteiger partial charge < -0.3 is 0 Å². The molecule has 1 heterocycles. The highest BCUT2D eigenvalue weighted by Gasteiger charge is 1.86. The van der Waals surface area contributed by atoms with E-state index in [1.165, 1.54) is 5.57 Å². The first-order valence-electron chi connectivity index (χ1n) is 2.39. The molecule has 0 unspecified atom stereocenters. The van der Waals surface area contributed by atoms with Gasteiger partial charge in [0.1, 0.15) is 0 Å². The Morgan fingerprint density at radius 1 is 1.71 bits per heavy atom. The van der Waals surface area contributed by atoms with Crippen LogP contribution < -0.4 is 5.32 Å². The number of hydrogen-bond donors (Lipinski definition) is 0. The van der Waals surface area contributed by atoms with Gasteiger partial charge in [-0.05, 0) is 12.5 Å². The van der Waals surface area contributed by atoms with Gasteiger partial charge in [0.2, 0.25) is 0 Å². The van der Waals surface area contributed by atoms with Crippen LogP contribution in [0, 0.1) is 0 Å². The van der Waals surface area contributed by atoms with E-state index in [0.717, 1.165) is 6.54 Å². The maximum absolute atomic E-state index is 4.01. The van der Waals surface area contributed by atoms with Crippen LogP contribution in [0.2, 0.25) is 0 Å². The van der Waals surface area contributed by atoms with E-state index in [-0.39, 0.29) is 0 Å². The van der Waals surface area contributed by atoms with Gasteiger partial charge in [-0.3, -0.25) is 5.32 Å². The zero-order valence-electron chi connectivity index (χ0n) is 4.39. The van der Waals surface area contributed by atoms with Crippen LogP contribution in [-0.4, -0.2) is 6.54 Å². The molecule has 1 nitrogen and oxygen atoms in total. The van der Waals surface area contributed by atoms with Crippen LogP contribution in [0.3, 0.4) is 0 Å². The molecule has 0 aliphatic carbocycles. The number of nitrogens with zero attached hydrogens (tertiary/aromatic N) is 1. The van der Waals surface area contributed by atoms with E-state index in [0.29, 0.717) is 0 Å². The largest absolute Gasteiger partial charge is 0.289 e. The molecule has 7 heavy (non-hydrogen) atoms. The van der Waals surface area contributed by atoms with Crippen molar-refractivity contribution in [3.8, 4) is 0 Å². The van der Waals surface area contributed by atoms with E-state index in [2.05, 4.69) is 17.5 Å². The maximum Gasteiger partial charge on any atom is 0.0573 e. The Kier molecular flexibility index (Phi) is 1.16. The first-order chi connectivity index (χ1) is 3.39. The fraction of sp³-hybridized carbons (Fsp3) is 0.333. The lowest BCUT2D eigenvalue weighted by Gasteiger charge is -1.97. The summed E-state index contributed by atoms with van der Waals surface area (Å²) in [5, 5.41) is 4.01. The molecule has 0 amide bonds. The Bertz CT molecular complexity index is 111. The van der Waals surface area contributed by atoms with E-state index >= 15 is 0 Å². The predicted octanol–water partition coefficient (Wildman–Crippen LogP) is 1.06. The van der Waals surface area contributed by atoms with Crippen LogP contribution in [0.4, 0.5) is 0 Å². The van der Waals surface area contributed by atoms with Crippen molar-refractivity contribution in [3.63, 3.8) is 0 Å². The Hall–Kier alpha value is -0.720. The second kappa shape index (κ2) is 1.82. The first-order valence-corrected chi connectivity index (χ1v) is 2.39. The van der Waals surface area contributed by atoms with Crippen LogP contribution >= 0.6 is 0 Å². The average Bonchev–Trinajstić information content (AvgIpc) is 1.69. The Labute approximate surface area is 43.7 Å². The van der Waals surface area contributed by atoms with Crippen molar-refractivity contribution in [3.05, 3.63) is 23.9 Å². The van der Waals surface area contributed by atoms with Crippen molar-refractivity contribution in [2.75, 3.05) is 6.54 Å². The summed E-state index contributed by atoms with van der Waals surface area (Å²) < 4.78 is 0. The van der Waals surface area contributed by atoms with E-state index in [1.54, 1.807) is 0 Å². The molecule has 0 aromatic carbocycles. The van der Waals surface area contributed by atoms with Crippen molar-refractivity contribution < 1.29 is 0 Å². The van der Waals surface area contributed by atoms with Gasteiger partial charge >= 0.3 is 0 Å². The number of allylic oxidation sites excluding steroid dienone is 2. The van der Waals surface area contributed by atoms with Crippen LogP contribution in [-0.2, 0) is 0 Å². The molecule has 1 heteroatoms. The molecule has 0 N–H and O–H groups in total. The van der Waals surface area contributed by atoms with Crippen LogP contribution in [0.5, 0.6) is 0 Å². The quantitative estimate of drug-likeness (QED) is 0.426. The van der Waals surface area contributed by atoms with E-state index in [9.17, 15) is 0 Å². The summed E-state index contributed by atoms with van der Waals surface area (Å²) in [6.07, 6.45) is 6.02. The number of rotatable bonds is 0. The van der Waals surface area contributed by atoms with Gasteiger partial charge in [-0.1, -0.05) is 12.2 Å². The molecule has 1 aliphatic heterocycles. The fourth-order valence-corrected chi connectivity index (χ4v) is 0.539. The van der Waals surface area contributed by atoms with Crippen molar-refractivity contribution in [2.45, 2.75) is 6.92 Å². The zero-order chi connectivity index (χ0) is 5.11. The van der Waals surface area contributed by atoms with Crippen molar-refractivity contribution in [2.24, 2.45) is 0 Å². The molecule has 37 valence electrons. The molecule has 1 aliphatic rings. The lowest BCUT2D eigenvalue weighted by atomic mass is 10.2. The third-order valence-corrected chi connectivity index (χ3v) is 0.886. The minimum Gasteiger partial charge on any atom is -0.289 e. The van der Waals surface area contributed by atoms with E-state index in [1.807, 2.05) is 13.1 Å². The van der Waals surface area contributed by atoms with Gasteiger partial charge in [0, 0.05) is 6.20 Å². The molecular weight excluding hydrogens is 86.1 g/mol. The minimum absolute atomic E-state index is 0.858. The molecular formula is C6H8N. The van der Waals surface area contributed by atoms with Gasteiger partial charge in [-0.15, -0.1) is 0 Å². The highest BCUT2D eigenvalue weighted by Crippen LogP contribution is 1.96. The van der Waals surface area contributed by atoms with Gasteiger partial charge in [0.15, 0.2) is 0 Å². The van der Waals surface area contributed by atoms with Gasteiger partial charge in [0.05, 0.1) is 6.54 Å². The third-order valence-electron chi connectivity index (χ3n) is 0.886. The molecule has 1 rings (SSSR count). The molecule has 0 atom stereocenters. The predicted molar refractivity (Wildman–Crippen MR) is 29.9 cm³/mol.